The van der Waals surface area contributed by atoms with Crippen LogP contribution in [-0.4, -0.2) is 40.6 Å². The Bertz CT molecular complexity index is 584. The van der Waals surface area contributed by atoms with E-state index >= 15 is 0 Å². The normalized spacial score (nSPS) is 18.4. The van der Waals surface area contributed by atoms with Gasteiger partial charge in [-0.1, -0.05) is 70.4 Å². The number of carbonyl (C=O) groups is 2. The van der Waals surface area contributed by atoms with E-state index in [-0.39, 0.29) is 17.9 Å². The monoisotopic (exact) mass is 329 g/mol. The number of imide groups is 1. The van der Waals surface area contributed by atoms with E-state index in [9.17, 15) is 9.59 Å². The Hall–Kier alpha value is -2.17. The van der Waals surface area contributed by atoms with Gasteiger partial charge in [-0.15, -0.1) is 0 Å². The number of hydrogen-bond acceptors (Lipinski definition) is 3. The molecule has 1 fully saturated rings. The summed E-state index contributed by atoms with van der Waals surface area (Å²) in [6.07, 6.45) is 5.78. The highest BCUT2D eigenvalue weighted by molar-refractivity contribution is 6.04. The van der Waals surface area contributed by atoms with E-state index in [1.54, 1.807) is 6.21 Å². The van der Waals surface area contributed by atoms with Crippen LogP contribution in [0.3, 0.4) is 0 Å². The fourth-order valence-electron chi connectivity index (χ4n) is 2.86. The van der Waals surface area contributed by atoms with Crippen molar-refractivity contribution in [3.63, 3.8) is 0 Å². The molecule has 1 aliphatic heterocycles. The van der Waals surface area contributed by atoms with Gasteiger partial charge in [0.15, 0.2) is 0 Å². The fraction of sp³-hybridized carbons (Fsp3) is 0.526. The molecule has 0 radical (unpaired) electrons. The number of unbranched alkanes of at least 4 members (excludes halogenated alkanes) is 3. The fourth-order valence-corrected chi connectivity index (χ4v) is 2.86. The molecule has 5 nitrogen and oxygen atoms in total. The van der Waals surface area contributed by atoms with Crippen LogP contribution in [0.1, 0.15) is 52.0 Å². The molecule has 1 aromatic rings. The van der Waals surface area contributed by atoms with Crippen molar-refractivity contribution in [1.29, 1.82) is 0 Å². The van der Waals surface area contributed by atoms with Gasteiger partial charge in [0.25, 0.3) is 5.91 Å². The number of nitrogens with zero attached hydrogens (tertiary/aromatic N) is 3. The molecule has 1 atom stereocenters. The molecule has 24 heavy (non-hydrogen) atoms. The Balaban J connectivity index is 2.11. The standard InChI is InChI=1S/C19H27N3O2/c1-4-5-6-10-13-21-18(23)17(15(2)3)22(19(21)24)20-14-16-11-8-7-9-12-16/h7-9,11-12,14-15,17H,4-6,10,13H2,1-3H3/b20-14+. The molecule has 5 heteroatoms. The summed E-state index contributed by atoms with van der Waals surface area (Å²) in [6, 6.07) is 8.77. The highest BCUT2D eigenvalue weighted by Crippen LogP contribution is 2.24. The number of rotatable bonds is 8. The zero-order valence-electron chi connectivity index (χ0n) is 14.8. The van der Waals surface area contributed by atoms with Crippen LogP contribution in [-0.2, 0) is 4.79 Å². The molecule has 1 unspecified atom stereocenters. The molecule has 130 valence electrons. The number of urea groups is 1. The van der Waals surface area contributed by atoms with Crippen molar-refractivity contribution in [3.05, 3.63) is 35.9 Å². The molecule has 0 N–H and O–H groups in total. The second-order valence-corrected chi connectivity index (χ2v) is 6.52. The topological polar surface area (TPSA) is 53.0 Å². The van der Waals surface area contributed by atoms with Crippen molar-refractivity contribution >= 4 is 18.2 Å². The van der Waals surface area contributed by atoms with Crippen LogP contribution >= 0.6 is 0 Å². The Morgan fingerprint density at radius 3 is 2.46 bits per heavy atom. The molecule has 0 spiro atoms. The third-order valence-electron chi connectivity index (χ3n) is 4.21. The van der Waals surface area contributed by atoms with E-state index < -0.39 is 6.04 Å². The van der Waals surface area contributed by atoms with Crippen molar-refractivity contribution in [3.8, 4) is 0 Å². The lowest BCUT2D eigenvalue weighted by Crippen LogP contribution is -2.35. The molecule has 1 aromatic carbocycles. The first-order valence-electron chi connectivity index (χ1n) is 8.79. The van der Waals surface area contributed by atoms with Crippen molar-refractivity contribution in [2.24, 2.45) is 11.0 Å². The van der Waals surface area contributed by atoms with E-state index in [1.807, 2.05) is 44.2 Å². The molecule has 3 amide bonds. The summed E-state index contributed by atoms with van der Waals surface area (Å²) >= 11 is 0. The predicted octanol–water partition coefficient (Wildman–Crippen LogP) is 3.89. The first-order chi connectivity index (χ1) is 11.6. The van der Waals surface area contributed by atoms with Crippen LogP contribution in [0.4, 0.5) is 4.79 Å². The number of amides is 3. The lowest BCUT2D eigenvalue weighted by molar-refractivity contribution is -0.129. The van der Waals surface area contributed by atoms with Crippen molar-refractivity contribution in [1.82, 2.24) is 9.91 Å². The number of hydrazone groups is 1. The molecule has 2 rings (SSSR count). The third kappa shape index (κ3) is 4.22. The molecular weight excluding hydrogens is 302 g/mol. The molecule has 1 saturated heterocycles. The van der Waals surface area contributed by atoms with Crippen molar-refractivity contribution < 1.29 is 9.59 Å². The van der Waals surface area contributed by atoms with Crippen LogP contribution in [0.25, 0.3) is 0 Å². The maximum Gasteiger partial charge on any atom is 0.347 e. The van der Waals surface area contributed by atoms with Gasteiger partial charge in [-0.25, -0.2) is 9.80 Å². The summed E-state index contributed by atoms with van der Waals surface area (Å²) in [5, 5.41) is 5.67. The van der Waals surface area contributed by atoms with E-state index in [0.717, 1.165) is 31.2 Å². The maximum absolute atomic E-state index is 12.6. The molecule has 0 aromatic heterocycles. The lowest BCUT2D eigenvalue weighted by Gasteiger charge is -2.18. The van der Waals surface area contributed by atoms with E-state index in [1.165, 1.54) is 9.91 Å². The summed E-state index contributed by atoms with van der Waals surface area (Å²) in [5.41, 5.74) is 0.904. The smallest absolute Gasteiger partial charge is 0.272 e. The molecule has 1 heterocycles. The Morgan fingerprint density at radius 1 is 1.12 bits per heavy atom. The average molecular weight is 329 g/mol. The SMILES string of the molecule is CCCCCCN1C(=O)C(C(C)C)N(/N=C/c2ccccc2)C1=O. The molecule has 0 saturated carbocycles. The Morgan fingerprint density at radius 2 is 1.83 bits per heavy atom. The summed E-state index contributed by atoms with van der Waals surface area (Å²) in [6.45, 7) is 6.52. The second kappa shape index (κ2) is 8.62. The van der Waals surface area contributed by atoms with Gasteiger partial charge < -0.3 is 0 Å². The van der Waals surface area contributed by atoms with E-state index in [4.69, 9.17) is 0 Å². The first-order valence-corrected chi connectivity index (χ1v) is 8.79. The van der Waals surface area contributed by atoms with E-state index in [2.05, 4.69) is 12.0 Å². The molecular formula is C19H27N3O2. The lowest BCUT2D eigenvalue weighted by atomic mass is 10.0. The number of benzene rings is 1. The van der Waals surface area contributed by atoms with E-state index in [0.29, 0.717) is 6.54 Å². The van der Waals surface area contributed by atoms with Crippen LogP contribution in [0, 0.1) is 5.92 Å². The van der Waals surface area contributed by atoms with Crippen LogP contribution in [0.2, 0.25) is 0 Å². The zero-order chi connectivity index (χ0) is 17.5. The average Bonchev–Trinajstić information content (AvgIpc) is 2.81. The summed E-state index contributed by atoms with van der Waals surface area (Å²) in [7, 11) is 0. The second-order valence-electron chi connectivity index (χ2n) is 6.52. The molecule has 1 aliphatic rings. The van der Waals surface area contributed by atoms with Gasteiger partial charge in [0.1, 0.15) is 6.04 Å². The van der Waals surface area contributed by atoms with Gasteiger partial charge in [0.05, 0.1) is 6.21 Å². The van der Waals surface area contributed by atoms with Gasteiger partial charge in [0.2, 0.25) is 0 Å². The van der Waals surface area contributed by atoms with Crippen LogP contribution in [0.15, 0.2) is 35.4 Å². The van der Waals surface area contributed by atoms with Crippen LogP contribution < -0.4 is 0 Å². The maximum atomic E-state index is 12.6. The molecule has 0 bridgehead atoms. The van der Waals surface area contributed by atoms with Crippen molar-refractivity contribution in [2.45, 2.75) is 52.5 Å². The highest BCUT2D eigenvalue weighted by Gasteiger charge is 2.46. The minimum absolute atomic E-state index is 0.0232. The van der Waals surface area contributed by atoms with Crippen molar-refractivity contribution in [2.75, 3.05) is 6.54 Å². The predicted molar refractivity (Wildman–Crippen MR) is 95.8 cm³/mol. The largest absolute Gasteiger partial charge is 0.347 e. The first kappa shape index (κ1) is 18.2. The summed E-state index contributed by atoms with van der Waals surface area (Å²) < 4.78 is 0. The summed E-state index contributed by atoms with van der Waals surface area (Å²) in [4.78, 5) is 26.6. The Kier molecular flexibility index (Phi) is 6.53. The summed E-state index contributed by atoms with van der Waals surface area (Å²) in [5.74, 6) is -0.105. The van der Waals surface area contributed by atoms with Gasteiger partial charge >= 0.3 is 6.03 Å². The van der Waals surface area contributed by atoms with Gasteiger partial charge in [-0.2, -0.15) is 5.10 Å². The van der Waals surface area contributed by atoms with Gasteiger partial charge in [0, 0.05) is 6.54 Å². The van der Waals surface area contributed by atoms with Gasteiger partial charge in [-0.05, 0) is 17.9 Å². The highest BCUT2D eigenvalue weighted by atomic mass is 16.2. The van der Waals surface area contributed by atoms with Crippen LogP contribution in [0.5, 0.6) is 0 Å². The third-order valence-corrected chi connectivity index (χ3v) is 4.21. The zero-order valence-corrected chi connectivity index (χ0v) is 14.8. The van der Waals surface area contributed by atoms with Gasteiger partial charge in [-0.3, -0.25) is 9.69 Å². The minimum Gasteiger partial charge on any atom is -0.272 e. The number of hydrogen-bond donors (Lipinski definition) is 0. The number of carbonyl (C=O) groups excluding carboxylic acids is 2. The Labute approximate surface area is 144 Å². The molecule has 0 aliphatic carbocycles. The minimum atomic E-state index is -0.511. The quantitative estimate of drug-likeness (QED) is 0.413.